The van der Waals surface area contributed by atoms with Gasteiger partial charge >= 0.3 is 55.4 Å². The zero-order valence-electron chi connectivity index (χ0n) is 62.7. The molecule has 0 aromatic heterocycles. The molecule has 37 heteroatoms. The van der Waals surface area contributed by atoms with Gasteiger partial charge in [-0.05, 0) is 131 Å². The van der Waals surface area contributed by atoms with Gasteiger partial charge in [-0.25, -0.2) is 43.2 Å². The number of hydrogen-bond acceptors (Lipinski definition) is 28. The first-order valence-electron chi connectivity index (χ1n) is 33.9. The summed E-state index contributed by atoms with van der Waals surface area (Å²) in [4.78, 5) is 96.1. The Hall–Kier alpha value is -5.17. The van der Waals surface area contributed by atoms with Gasteiger partial charge in [0.1, 0.15) is 43.7 Å². The molecular formula is C70H109Cl9O27S. The first kappa shape index (κ1) is 108. The summed E-state index contributed by atoms with van der Waals surface area (Å²) in [7, 11) is 0. The van der Waals surface area contributed by atoms with E-state index in [9.17, 15) is 43.2 Å². The maximum Gasteiger partial charge on any atom is 0.510 e. The van der Waals surface area contributed by atoms with Crippen molar-refractivity contribution in [3.63, 3.8) is 0 Å². The molecule has 3 fully saturated rings. The fourth-order valence-electron chi connectivity index (χ4n) is 8.16. The maximum absolute atomic E-state index is 10.9. The molecule has 620 valence electrons. The summed E-state index contributed by atoms with van der Waals surface area (Å²) in [6, 6.07) is 17.3. The van der Waals surface area contributed by atoms with Gasteiger partial charge in [-0.15, -0.1) is 0 Å². The van der Waals surface area contributed by atoms with Gasteiger partial charge in [-0.2, -0.15) is 11.8 Å². The number of ether oxygens (including phenoxy) is 18. The summed E-state index contributed by atoms with van der Waals surface area (Å²) in [5, 5.41) is 0. The lowest BCUT2D eigenvalue weighted by Gasteiger charge is -2.25. The molecule has 2 aromatic rings. The smallest absolute Gasteiger partial charge is 0.434 e. The van der Waals surface area contributed by atoms with E-state index in [-0.39, 0.29) is 97.1 Å². The second kappa shape index (κ2) is 74.9. The lowest BCUT2D eigenvalue weighted by atomic mass is 9.89. The normalized spacial score (nSPS) is 15.7. The number of carbonyl (C=O) groups excluding carboxylic acids is 9. The highest BCUT2D eigenvalue weighted by atomic mass is 35.5. The monoisotopic (exact) mass is 1730 g/mol. The number of thioether (sulfide) groups is 1. The van der Waals surface area contributed by atoms with E-state index in [1.807, 2.05) is 115 Å². The van der Waals surface area contributed by atoms with Crippen molar-refractivity contribution in [2.45, 2.75) is 203 Å². The van der Waals surface area contributed by atoms with Crippen molar-refractivity contribution in [3.8, 4) is 0 Å². The Morgan fingerprint density at radius 2 is 0.822 bits per heavy atom. The molecule has 0 bridgehead atoms. The van der Waals surface area contributed by atoms with Crippen LogP contribution in [0.2, 0.25) is 0 Å². The highest BCUT2D eigenvalue weighted by Gasteiger charge is 2.24. The maximum atomic E-state index is 10.9. The van der Waals surface area contributed by atoms with E-state index >= 15 is 0 Å². The fourth-order valence-corrected chi connectivity index (χ4v) is 9.21. The zero-order valence-corrected chi connectivity index (χ0v) is 70.4. The largest absolute Gasteiger partial charge is 0.510 e. The van der Waals surface area contributed by atoms with E-state index in [0.29, 0.717) is 31.7 Å². The number of hydrogen-bond donors (Lipinski definition) is 0. The first-order valence-corrected chi connectivity index (χ1v) is 40.1. The highest BCUT2D eigenvalue weighted by molar-refractivity contribution is 7.98. The molecule has 0 heterocycles. The second-order valence-electron chi connectivity index (χ2n) is 24.0. The van der Waals surface area contributed by atoms with E-state index < -0.39 is 55.4 Å². The minimum atomic E-state index is -0.753. The zero-order chi connectivity index (χ0) is 81.5. The van der Waals surface area contributed by atoms with E-state index in [1.165, 1.54) is 12.8 Å². The van der Waals surface area contributed by atoms with Gasteiger partial charge in [0, 0.05) is 5.75 Å². The van der Waals surface area contributed by atoms with Crippen molar-refractivity contribution >= 4 is 172 Å². The van der Waals surface area contributed by atoms with Crippen LogP contribution in [0.15, 0.2) is 60.7 Å². The highest BCUT2D eigenvalue weighted by Crippen LogP contribution is 2.27. The third-order valence-corrected chi connectivity index (χ3v) is 14.7. The molecule has 0 amide bonds. The molecule has 3 saturated carbocycles. The number of alkyl halides is 9. The second-order valence-corrected chi connectivity index (χ2v) is 26.9. The molecule has 3 aliphatic carbocycles. The van der Waals surface area contributed by atoms with E-state index in [4.69, 9.17) is 138 Å². The Kier molecular flexibility index (Phi) is 75.7. The summed E-state index contributed by atoms with van der Waals surface area (Å²) in [5.74, 6) is 2.49. The molecule has 2 aromatic carbocycles. The average Bonchev–Trinajstić information content (AvgIpc) is 0.925. The van der Waals surface area contributed by atoms with Gasteiger partial charge in [0.2, 0.25) is 0 Å². The number of rotatable bonds is 25. The average molecular weight is 1730 g/mol. The topological polar surface area (TPSA) is 320 Å². The van der Waals surface area contributed by atoms with Crippen molar-refractivity contribution in [2.75, 3.05) is 86.4 Å². The molecule has 0 radical (unpaired) electrons. The predicted octanol–water partition coefficient (Wildman–Crippen LogP) is 22.7. The predicted molar refractivity (Wildman–Crippen MR) is 411 cm³/mol. The number of benzene rings is 2. The van der Waals surface area contributed by atoms with Gasteiger partial charge in [-0.1, -0.05) is 240 Å². The molecule has 0 spiro atoms. The van der Waals surface area contributed by atoms with Crippen LogP contribution in [0.25, 0.3) is 0 Å². The summed E-state index contributed by atoms with van der Waals surface area (Å²) < 4.78 is 82.9. The number of carbonyl (C=O) groups is 9. The molecule has 5 rings (SSSR count). The molecule has 4 atom stereocenters. The van der Waals surface area contributed by atoms with Crippen molar-refractivity contribution in [3.05, 3.63) is 71.8 Å². The van der Waals surface area contributed by atoms with Crippen LogP contribution >= 0.6 is 116 Å². The molecule has 0 aliphatic heterocycles. The molecule has 0 N–H and O–H groups in total. The first-order chi connectivity index (χ1) is 51.0. The Morgan fingerprint density at radius 3 is 1.25 bits per heavy atom. The van der Waals surface area contributed by atoms with Crippen molar-refractivity contribution in [1.29, 1.82) is 0 Å². The summed E-state index contributed by atoms with van der Waals surface area (Å²) in [6.07, 6.45) is 11.0. The van der Waals surface area contributed by atoms with E-state index in [2.05, 4.69) is 66.0 Å². The van der Waals surface area contributed by atoms with Crippen LogP contribution in [-0.4, -0.2) is 166 Å². The quantitative estimate of drug-likeness (QED) is 0.0386. The van der Waals surface area contributed by atoms with Crippen molar-refractivity contribution in [1.82, 2.24) is 0 Å². The molecule has 27 nitrogen and oxygen atoms in total. The third-order valence-electron chi connectivity index (χ3n) is 13.1. The minimum absolute atomic E-state index is 0.0273. The van der Waals surface area contributed by atoms with E-state index in [1.54, 1.807) is 18.7 Å². The van der Waals surface area contributed by atoms with Crippen molar-refractivity contribution in [2.24, 2.45) is 23.2 Å². The van der Waals surface area contributed by atoms with Gasteiger partial charge in [0.25, 0.3) is 0 Å². The van der Waals surface area contributed by atoms with Crippen LogP contribution in [0, 0.1) is 23.2 Å². The van der Waals surface area contributed by atoms with Crippen LogP contribution in [0.5, 0.6) is 0 Å². The summed E-state index contributed by atoms with van der Waals surface area (Å²) in [5.41, 5.74) is 1.79. The molecule has 0 saturated heterocycles. The Labute approximate surface area is 679 Å². The van der Waals surface area contributed by atoms with Crippen LogP contribution < -0.4 is 0 Å². The number of halogens is 9. The minimum Gasteiger partial charge on any atom is -0.434 e. The van der Waals surface area contributed by atoms with Gasteiger partial charge in [-0.3, -0.25) is 0 Å². The van der Waals surface area contributed by atoms with Crippen LogP contribution in [0.4, 0.5) is 43.2 Å². The standard InChI is InChI=1S/C10H11ClO3.2C9H15ClO3.C9H9ClO3.C8H13ClO3.2C7H13ClO3.C6H11ClO3.C5H9ClO3S/c1-8(14-10(12)13-7-11)9-5-3-2-4-6-9;1-7-2-4-8(5-3-7)13-9(11)12-6-10;1-7-3-2-4-8(5-7)13-9(11)12-6-10;10-7-13-9(11)12-6-8-4-2-1-3-5-8;9-6-11-8(10)12-7-4-2-1-3-5-7;1-7(2,3)4-10-6(9)11-5-8;1-3-4-6(2)11-7(9)10-5-8;1-5(2)3-9-6(8)10-4-7;1-10-3-2-8-5(7)9-4-6/h2-6,8H,7H2,1H3;2*7-8H,2-6H2,1H3;1-5H,6-7H2;7H,1-6H2;4-5H2,1-3H3;6H,3-5H2,1-2H3;5H,3-4H2,1-2H3;2-4H2,1H3/t8-;;;;;;;;/m0......../s1. The van der Waals surface area contributed by atoms with Crippen LogP contribution in [0.3, 0.4) is 0 Å². The van der Waals surface area contributed by atoms with Crippen molar-refractivity contribution < 1.29 is 128 Å². The third kappa shape index (κ3) is 76.0. The van der Waals surface area contributed by atoms with Gasteiger partial charge in [0.15, 0.2) is 54.6 Å². The Bertz CT molecular complexity index is 2530. The lowest BCUT2D eigenvalue weighted by molar-refractivity contribution is 0.0116. The lowest BCUT2D eigenvalue weighted by Crippen LogP contribution is -2.24. The molecule has 107 heavy (non-hydrogen) atoms. The molecule has 3 aliphatic rings. The fraction of sp³-hybridized carbons (Fsp3) is 0.700. The molecule has 3 unspecified atom stereocenters. The summed E-state index contributed by atoms with van der Waals surface area (Å²) in [6.45, 7) is 21.0. The summed E-state index contributed by atoms with van der Waals surface area (Å²) >= 11 is 48.0. The van der Waals surface area contributed by atoms with Gasteiger partial charge in [0.05, 0.1) is 13.2 Å². The Balaban J connectivity index is -0.000000559. The SMILES string of the molecule is CC(C)(C)COC(=O)OCCl.CC(C)COC(=O)OCCl.CC1CCC(OC(=O)OCCl)CC1.CC1CCCC(OC(=O)OCCl)C1.CCCC(C)OC(=O)OCCl.CSCCOC(=O)OCCl.C[C@H](OC(=O)OCCl)c1ccccc1.O=C(OCCl)OC1CCCCC1.O=C(OCCl)OCc1ccccc1. The van der Waals surface area contributed by atoms with Crippen LogP contribution in [0.1, 0.15) is 183 Å². The molecular weight excluding hydrogens is 1620 g/mol. The van der Waals surface area contributed by atoms with Crippen LogP contribution in [-0.2, 0) is 91.9 Å². The van der Waals surface area contributed by atoms with E-state index in [0.717, 1.165) is 106 Å². The van der Waals surface area contributed by atoms with Gasteiger partial charge < -0.3 is 85.3 Å². The Morgan fingerprint density at radius 1 is 0.430 bits per heavy atom.